The van der Waals surface area contributed by atoms with Crippen LogP contribution in [-0.4, -0.2) is 29.4 Å². The van der Waals surface area contributed by atoms with Crippen molar-refractivity contribution >= 4 is 28.1 Å². The number of esters is 1. The van der Waals surface area contributed by atoms with E-state index >= 15 is 0 Å². The Hall–Kier alpha value is -2.42. The number of ether oxygens (including phenoxy) is 1. The van der Waals surface area contributed by atoms with Crippen LogP contribution in [0.4, 0.5) is 18.3 Å². The molecule has 1 aromatic carbocycles. The van der Waals surface area contributed by atoms with Crippen molar-refractivity contribution in [2.24, 2.45) is 5.10 Å². The van der Waals surface area contributed by atoms with Crippen molar-refractivity contribution in [2.75, 3.05) is 12.0 Å². The van der Waals surface area contributed by atoms with Gasteiger partial charge in [-0.05, 0) is 6.92 Å². The molecule has 0 saturated heterocycles. The van der Waals surface area contributed by atoms with Gasteiger partial charge in [-0.3, -0.25) is 10.2 Å². The monoisotopic (exact) mass is 357 g/mol. The van der Waals surface area contributed by atoms with Gasteiger partial charge in [0.2, 0.25) is 5.13 Å². The van der Waals surface area contributed by atoms with Gasteiger partial charge in [0.1, 0.15) is 0 Å². The van der Waals surface area contributed by atoms with Crippen LogP contribution in [0.1, 0.15) is 13.3 Å². The molecule has 0 amide bonds. The summed E-state index contributed by atoms with van der Waals surface area (Å²) in [5, 5.41) is 5.18. The fourth-order valence-electron chi connectivity index (χ4n) is 1.73. The topological polar surface area (TPSA) is 63.6 Å². The summed E-state index contributed by atoms with van der Waals surface area (Å²) in [6.45, 7) is 1.52. The summed E-state index contributed by atoms with van der Waals surface area (Å²) in [6.07, 6.45) is -5.69. The normalized spacial score (nSPS) is 12.1. The van der Waals surface area contributed by atoms with Gasteiger partial charge in [0.05, 0.1) is 18.7 Å². The van der Waals surface area contributed by atoms with E-state index in [4.69, 9.17) is 0 Å². The number of thiazole rings is 1. The van der Waals surface area contributed by atoms with E-state index in [1.807, 2.05) is 30.3 Å². The summed E-state index contributed by atoms with van der Waals surface area (Å²) in [7, 11) is 0. The molecule has 1 N–H and O–H groups in total. The minimum Gasteiger partial charge on any atom is -0.466 e. The molecule has 128 valence electrons. The zero-order chi connectivity index (χ0) is 17.6. The van der Waals surface area contributed by atoms with E-state index in [9.17, 15) is 18.0 Å². The summed E-state index contributed by atoms with van der Waals surface area (Å²) in [6, 6.07) is 9.19. The Morgan fingerprint density at radius 2 is 2.04 bits per heavy atom. The van der Waals surface area contributed by atoms with E-state index in [1.165, 1.54) is 6.92 Å². The van der Waals surface area contributed by atoms with Crippen molar-refractivity contribution in [1.29, 1.82) is 0 Å². The van der Waals surface area contributed by atoms with Crippen LogP contribution in [0.25, 0.3) is 11.3 Å². The number of rotatable bonds is 6. The molecule has 2 aromatic rings. The molecule has 24 heavy (non-hydrogen) atoms. The Morgan fingerprint density at radius 1 is 1.33 bits per heavy atom. The number of carbonyl (C=O) groups is 1. The SMILES string of the molecule is CCOC(=O)C/C(=N/Nc1nc(-c2ccccc2)cs1)C(F)(F)F. The molecule has 2 rings (SSSR count). The van der Waals surface area contributed by atoms with Crippen molar-refractivity contribution in [3.63, 3.8) is 0 Å². The van der Waals surface area contributed by atoms with Crippen LogP contribution in [-0.2, 0) is 9.53 Å². The van der Waals surface area contributed by atoms with Crippen molar-refractivity contribution in [1.82, 2.24) is 4.98 Å². The van der Waals surface area contributed by atoms with Crippen LogP contribution in [0.2, 0.25) is 0 Å². The van der Waals surface area contributed by atoms with Crippen LogP contribution in [0.3, 0.4) is 0 Å². The third-order valence-corrected chi connectivity index (χ3v) is 3.55. The zero-order valence-corrected chi connectivity index (χ0v) is 13.4. The maximum atomic E-state index is 12.9. The number of hydrazone groups is 1. The molecule has 5 nitrogen and oxygen atoms in total. The first kappa shape index (κ1) is 17.9. The number of hydrogen-bond donors (Lipinski definition) is 1. The average Bonchev–Trinajstić information content (AvgIpc) is 3.00. The highest BCUT2D eigenvalue weighted by molar-refractivity contribution is 7.14. The van der Waals surface area contributed by atoms with Crippen LogP contribution >= 0.6 is 11.3 Å². The van der Waals surface area contributed by atoms with E-state index in [2.05, 4.69) is 20.2 Å². The van der Waals surface area contributed by atoms with Crippen LogP contribution in [0, 0.1) is 0 Å². The number of carbonyl (C=O) groups excluding carboxylic acids is 1. The van der Waals surface area contributed by atoms with E-state index < -0.39 is 24.3 Å². The first-order valence-electron chi connectivity index (χ1n) is 6.96. The second-order valence-corrected chi connectivity index (χ2v) is 5.41. The molecule has 0 fully saturated rings. The van der Waals surface area contributed by atoms with Crippen LogP contribution < -0.4 is 5.43 Å². The molecule has 0 saturated carbocycles. The first-order chi connectivity index (χ1) is 11.4. The highest BCUT2D eigenvalue weighted by Gasteiger charge is 2.37. The Kier molecular flexibility index (Phi) is 5.91. The zero-order valence-electron chi connectivity index (χ0n) is 12.6. The lowest BCUT2D eigenvalue weighted by Gasteiger charge is -2.09. The van der Waals surface area contributed by atoms with Gasteiger partial charge in [0.25, 0.3) is 0 Å². The third-order valence-electron chi connectivity index (χ3n) is 2.80. The quantitative estimate of drug-likeness (QED) is 0.480. The lowest BCUT2D eigenvalue weighted by Crippen LogP contribution is -2.27. The van der Waals surface area contributed by atoms with E-state index in [1.54, 1.807) is 5.38 Å². The second kappa shape index (κ2) is 7.91. The van der Waals surface area contributed by atoms with Crippen molar-refractivity contribution in [3.8, 4) is 11.3 Å². The fourth-order valence-corrected chi connectivity index (χ4v) is 2.40. The van der Waals surface area contributed by atoms with Crippen molar-refractivity contribution in [3.05, 3.63) is 35.7 Å². The molecule has 9 heteroatoms. The van der Waals surface area contributed by atoms with Crippen molar-refractivity contribution in [2.45, 2.75) is 19.5 Å². The largest absolute Gasteiger partial charge is 0.466 e. The summed E-state index contributed by atoms with van der Waals surface area (Å²) < 4.78 is 43.2. The van der Waals surface area contributed by atoms with Gasteiger partial charge in [-0.25, -0.2) is 4.98 Å². The molecule has 0 aliphatic rings. The van der Waals surface area contributed by atoms with Crippen LogP contribution in [0.5, 0.6) is 0 Å². The first-order valence-corrected chi connectivity index (χ1v) is 7.84. The minimum atomic E-state index is -4.74. The number of anilines is 1. The van der Waals surface area contributed by atoms with Gasteiger partial charge >= 0.3 is 12.1 Å². The second-order valence-electron chi connectivity index (χ2n) is 4.55. The number of halogens is 3. The Balaban J connectivity index is 2.11. The molecule has 0 bridgehead atoms. The minimum absolute atomic E-state index is 0.00428. The molecular weight excluding hydrogens is 343 g/mol. The molecule has 0 spiro atoms. The highest BCUT2D eigenvalue weighted by atomic mass is 32.1. The molecule has 1 aromatic heterocycles. The number of nitrogens with zero attached hydrogens (tertiary/aromatic N) is 2. The summed E-state index contributed by atoms with van der Waals surface area (Å²) in [5.41, 5.74) is 2.45. The smallest absolute Gasteiger partial charge is 0.431 e. The Morgan fingerprint density at radius 3 is 2.67 bits per heavy atom. The maximum absolute atomic E-state index is 12.9. The molecule has 0 aliphatic heterocycles. The van der Waals surface area contributed by atoms with Crippen molar-refractivity contribution < 1.29 is 22.7 Å². The molecule has 0 aliphatic carbocycles. The predicted molar refractivity (Wildman–Crippen MR) is 85.9 cm³/mol. The average molecular weight is 357 g/mol. The lowest BCUT2D eigenvalue weighted by atomic mass is 10.2. The molecule has 0 atom stereocenters. The van der Waals surface area contributed by atoms with Gasteiger partial charge in [0, 0.05) is 10.9 Å². The number of benzene rings is 1. The summed E-state index contributed by atoms with van der Waals surface area (Å²) >= 11 is 1.11. The standard InChI is InChI=1S/C15H14F3N3O2S/c1-2-23-13(22)8-12(15(16,17)18)20-21-14-19-11(9-24-14)10-6-4-3-5-7-10/h3-7,9H,2,8H2,1H3,(H,19,21)/b20-12-. The summed E-state index contributed by atoms with van der Waals surface area (Å²) in [4.78, 5) is 15.4. The predicted octanol–water partition coefficient (Wildman–Crippen LogP) is 4.09. The molecular formula is C15H14F3N3O2S. The van der Waals surface area contributed by atoms with E-state index in [0.29, 0.717) is 5.69 Å². The molecule has 0 unspecified atom stereocenters. The molecule has 0 radical (unpaired) electrons. The summed E-state index contributed by atoms with van der Waals surface area (Å²) in [5.74, 6) is -0.987. The van der Waals surface area contributed by atoms with E-state index in [-0.39, 0.29) is 11.7 Å². The lowest BCUT2D eigenvalue weighted by molar-refractivity contribution is -0.142. The number of aromatic nitrogens is 1. The van der Waals surface area contributed by atoms with Crippen LogP contribution in [0.15, 0.2) is 40.8 Å². The maximum Gasteiger partial charge on any atom is 0.431 e. The fraction of sp³-hybridized carbons (Fsp3) is 0.267. The number of alkyl halides is 3. The van der Waals surface area contributed by atoms with Gasteiger partial charge in [-0.2, -0.15) is 18.3 Å². The van der Waals surface area contributed by atoms with E-state index in [0.717, 1.165) is 16.9 Å². The molecule has 1 heterocycles. The van der Waals surface area contributed by atoms with Gasteiger partial charge in [0.15, 0.2) is 5.71 Å². The van der Waals surface area contributed by atoms with Gasteiger partial charge in [-0.1, -0.05) is 30.3 Å². The number of hydrogen-bond acceptors (Lipinski definition) is 6. The Labute approximate surface area is 140 Å². The highest BCUT2D eigenvalue weighted by Crippen LogP contribution is 2.25. The Bertz CT molecular complexity index is 714. The third kappa shape index (κ3) is 5.05. The van der Waals surface area contributed by atoms with Gasteiger partial charge < -0.3 is 4.74 Å². The van der Waals surface area contributed by atoms with Gasteiger partial charge in [-0.15, -0.1) is 11.3 Å². The number of nitrogens with one attached hydrogen (secondary N) is 1.